The van der Waals surface area contributed by atoms with Gasteiger partial charge in [-0.05, 0) is 41.8 Å². The van der Waals surface area contributed by atoms with Crippen LogP contribution in [-0.4, -0.2) is 29.8 Å². The standard InChI is InChI=1S/C19H18F2N2O2/c1-25-19-5-2-12(6-14(19)9-22)10-23-11-15(24)8-18(23)13-3-4-16(20)17(21)7-13/h2-7,15,18,24H,8,10-11H2,1H3/t15-,18+/m0/s1. The van der Waals surface area contributed by atoms with Crippen molar-refractivity contribution in [3.63, 3.8) is 0 Å². The van der Waals surface area contributed by atoms with E-state index in [-0.39, 0.29) is 6.04 Å². The van der Waals surface area contributed by atoms with Gasteiger partial charge in [0.05, 0.1) is 18.8 Å². The number of methoxy groups -OCH3 is 1. The Labute approximate surface area is 144 Å². The zero-order chi connectivity index (χ0) is 18.0. The molecule has 130 valence electrons. The molecule has 2 aromatic rings. The van der Waals surface area contributed by atoms with Crippen molar-refractivity contribution in [1.29, 1.82) is 5.26 Å². The molecule has 0 unspecified atom stereocenters. The molecule has 0 spiro atoms. The van der Waals surface area contributed by atoms with Crippen molar-refractivity contribution >= 4 is 0 Å². The molecule has 0 aliphatic carbocycles. The number of aliphatic hydroxyl groups excluding tert-OH is 1. The number of nitrogens with zero attached hydrogens (tertiary/aromatic N) is 2. The van der Waals surface area contributed by atoms with E-state index >= 15 is 0 Å². The number of ether oxygens (including phenoxy) is 1. The predicted octanol–water partition coefficient (Wildman–Crippen LogP) is 3.15. The maximum atomic E-state index is 13.6. The molecule has 2 atom stereocenters. The van der Waals surface area contributed by atoms with Crippen LogP contribution >= 0.6 is 0 Å². The highest BCUT2D eigenvalue weighted by Gasteiger charge is 2.32. The quantitative estimate of drug-likeness (QED) is 0.926. The van der Waals surface area contributed by atoms with Crippen molar-refractivity contribution < 1.29 is 18.6 Å². The molecule has 3 rings (SSSR count). The SMILES string of the molecule is COc1ccc(CN2C[C@@H](O)C[C@@H]2c2ccc(F)c(F)c2)cc1C#N. The summed E-state index contributed by atoms with van der Waals surface area (Å²) >= 11 is 0. The third kappa shape index (κ3) is 3.63. The fraction of sp³-hybridized carbons (Fsp3) is 0.316. The second-order valence-electron chi connectivity index (χ2n) is 6.15. The highest BCUT2D eigenvalue weighted by Crippen LogP contribution is 2.34. The summed E-state index contributed by atoms with van der Waals surface area (Å²) in [5, 5.41) is 19.2. The summed E-state index contributed by atoms with van der Waals surface area (Å²) in [4.78, 5) is 2.00. The fourth-order valence-corrected chi connectivity index (χ4v) is 3.30. The van der Waals surface area contributed by atoms with Gasteiger partial charge in [-0.1, -0.05) is 12.1 Å². The first-order valence-electron chi connectivity index (χ1n) is 7.96. The zero-order valence-electron chi connectivity index (χ0n) is 13.7. The Hall–Kier alpha value is -2.49. The van der Waals surface area contributed by atoms with Crippen LogP contribution in [0.15, 0.2) is 36.4 Å². The van der Waals surface area contributed by atoms with E-state index in [1.807, 2.05) is 11.0 Å². The van der Waals surface area contributed by atoms with Crippen LogP contribution in [0.4, 0.5) is 8.78 Å². The van der Waals surface area contributed by atoms with Crippen LogP contribution in [0.5, 0.6) is 5.75 Å². The minimum absolute atomic E-state index is 0.210. The van der Waals surface area contributed by atoms with E-state index in [1.165, 1.54) is 13.2 Å². The lowest BCUT2D eigenvalue weighted by Crippen LogP contribution is -2.24. The summed E-state index contributed by atoms with van der Waals surface area (Å²) in [6, 6.07) is 11.0. The van der Waals surface area contributed by atoms with Crippen LogP contribution in [0, 0.1) is 23.0 Å². The lowest BCUT2D eigenvalue weighted by molar-refractivity contribution is 0.172. The Balaban J connectivity index is 1.85. The van der Waals surface area contributed by atoms with Crippen molar-refractivity contribution in [1.82, 2.24) is 4.90 Å². The van der Waals surface area contributed by atoms with Crippen LogP contribution in [0.3, 0.4) is 0 Å². The summed E-state index contributed by atoms with van der Waals surface area (Å²) in [6.07, 6.45) is -0.0846. The first-order valence-corrected chi connectivity index (χ1v) is 7.96. The van der Waals surface area contributed by atoms with Crippen LogP contribution < -0.4 is 4.74 Å². The zero-order valence-corrected chi connectivity index (χ0v) is 13.7. The molecule has 4 nitrogen and oxygen atoms in total. The molecule has 0 bridgehead atoms. The number of rotatable bonds is 4. The van der Waals surface area contributed by atoms with E-state index in [0.717, 1.165) is 11.6 Å². The number of nitriles is 1. The molecule has 0 saturated carbocycles. The second kappa shape index (κ2) is 7.18. The van der Waals surface area contributed by atoms with Gasteiger partial charge in [-0.25, -0.2) is 8.78 Å². The Morgan fingerprint density at radius 3 is 2.72 bits per heavy atom. The van der Waals surface area contributed by atoms with Gasteiger partial charge in [-0.15, -0.1) is 0 Å². The van der Waals surface area contributed by atoms with Crippen molar-refractivity contribution in [2.24, 2.45) is 0 Å². The molecular weight excluding hydrogens is 326 g/mol. The third-order valence-corrected chi connectivity index (χ3v) is 4.48. The monoisotopic (exact) mass is 344 g/mol. The van der Waals surface area contributed by atoms with E-state index < -0.39 is 17.7 Å². The summed E-state index contributed by atoms with van der Waals surface area (Å²) < 4.78 is 31.9. The summed E-state index contributed by atoms with van der Waals surface area (Å²) in [5.41, 5.74) is 1.95. The molecule has 2 aromatic carbocycles. The molecule has 1 aliphatic rings. The number of likely N-dealkylation sites (tertiary alicyclic amines) is 1. The van der Waals surface area contributed by atoms with Gasteiger partial charge in [-0.2, -0.15) is 5.26 Å². The lowest BCUT2D eigenvalue weighted by atomic mass is 10.0. The largest absolute Gasteiger partial charge is 0.495 e. The van der Waals surface area contributed by atoms with E-state index in [2.05, 4.69) is 6.07 Å². The average molecular weight is 344 g/mol. The van der Waals surface area contributed by atoms with Crippen LogP contribution in [0.1, 0.15) is 29.2 Å². The van der Waals surface area contributed by atoms with Crippen molar-refractivity contribution in [3.8, 4) is 11.8 Å². The molecule has 6 heteroatoms. The minimum atomic E-state index is -0.893. The van der Waals surface area contributed by atoms with Crippen LogP contribution in [0.25, 0.3) is 0 Å². The Bertz CT molecular complexity index is 820. The average Bonchev–Trinajstić information content (AvgIpc) is 2.97. The normalized spacial score (nSPS) is 20.4. The minimum Gasteiger partial charge on any atom is -0.495 e. The van der Waals surface area contributed by atoms with E-state index in [1.54, 1.807) is 18.2 Å². The molecule has 0 radical (unpaired) electrons. The van der Waals surface area contributed by atoms with Gasteiger partial charge in [0.2, 0.25) is 0 Å². The lowest BCUT2D eigenvalue weighted by Gasteiger charge is -2.25. The molecule has 1 saturated heterocycles. The molecule has 1 heterocycles. The summed E-state index contributed by atoms with van der Waals surface area (Å²) in [7, 11) is 1.51. The molecule has 1 fully saturated rings. The number of benzene rings is 2. The molecule has 1 aliphatic heterocycles. The van der Waals surface area contributed by atoms with Gasteiger partial charge < -0.3 is 9.84 Å². The molecule has 0 aromatic heterocycles. The van der Waals surface area contributed by atoms with E-state index in [9.17, 15) is 19.1 Å². The summed E-state index contributed by atoms with van der Waals surface area (Å²) in [5.74, 6) is -1.28. The summed E-state index contributed by atoms with van der Waals surface area (Å²) in [6.45, 7) is 0.914. The van der Waals surface area contributed by atoms with Gasteiger partial charge in [0.25, 0.3) is 0 Å². The number of hydrogen-bond donors (Lipinski definition) is 1. The van der Waals surface area contributed by atoms with E-state index in [4.69, 9.17) is 4.74 Å². The highest BCUT2D eigenvalue weighted by atomic mass is 19.2. The first-order chi connectivity index (χ1) is 12.0. The topological polar surface area (TPSA) is 56.5 Å². The molecule has 0 amide bonds. The second-order valence-corrected chi connectivity index (χ2v) is 6.15. The Morgan fingerprint density at radius 2 is 2.04 bits per heavy atom. The van der Waals surface area contributed by atoms with Crippen molar-refractivity contribution in [3.05, 3.63) is 64.7 Å². The smallest absolute Gasteiger partial charge is 0.159 e. The molecule has 25 heavy (non-hydrogen) atoms. The molecular formula is C19H18F2N2O2. The van der Waals surface area contributed by atoms with Gasteiger partial charge in [0, 0.05) is 19.1 Å². The number of halogens is 2. The predicted molar refractivity (Wildman–Crippen MR) is 87.8 cm³/mol. The third-order valence-electron chi connectivity index (χ3n) is 4.48. The van der Waals surface area contributed by atoms with Gasteiger partial charge in [0.15, 0.2) is 11.6 Å². The van der Waals surface area contributed by atoms with Crippen LogP contribution in [0.2, 0.25) is 0 Å². The number of aliphatic hydroxyl groups is 1. The van der Waals surface area contributed by atoms with Crippen LogP contribution in [-0.2, 0) is 6.54 Å². The Kier molecular flexibility index (Phi) is 4.98. The first kappa shape index (κ1) is 17.3. The van der Waals surface area contributed by atoms with E-state index in [0.29, 0.717) is 36.4 Å². The Morgan fingerprint density at radius 1 is 1.24 bits per heavy atom. The van der Waals surface area contributed by atoms with Gasteiger partial charge in [0.1, 0.15) is 11.8 Å². The van der Waals surface area contributed by atoms with Gasteiger partial charge in [-0.3, -0.25) is 4.90 Å². The maximum Gasteiger partial charge on any atom is 0.159 e. The maximum absolute atomic E-state index is 13.6. The fourth-order valence-electron chi connectivity index (χ4n) is 3.30. The van der Waals surface area contributed by atoms with Crippen molar-refractivity contribution in [2.45, 2.75) is 25.1 Å². The number of hydrogen-bond acceptors (Lipinski definition) is 4. The van der Waals surface area contributed by atoms with Gasteiger partial charge >= 0.3 is 0 Å². The molecule has 1 N–H and O–H groups in total. The number of β-amino-alcohol motifs (C(OH)–C–C–N with tert-alkyl or cyclic N) is 1. The highest BCUT2D eigenvalue weighted by molar-refractivity contribution is 5.45. The van der Waals surface area contributed by atoms with Crippen molar-refractivity contribution in [2.75, 3.05) is 13.7 Å².